The van der Waals surface area contributed by atoms with E-state index in [4.69, 9.17) is 4.74 Å². The van der Waals surface area contributed by atoms with E-state index in [1.807, 2.05) is 49.4 Å². The zero-order chi connectivity index (χ0) is 18.2. The highest BCUT2D eigenvalue weighted by molar-refractivity contribution is 5.87. The minimum absolute atomic E-state index is 0.114. The van der Waals surface area contributed by atoms with Crippen LogP contribution in [0.15, 0.2) is 54.6 Å². The Morgan fingerprint density at radius 1 is 1.12 bits per heavy atom. The maximum absolute atomic E-state index is 12.7. The van der Waals surface area contributed by atoms with E-state index in [0.717, 1.165) is 11.1 Å². The number of para-hydroxylation sites is 1. The Morgan fingerprint density at radius 3 is 2.48 bits per heavy atom. The molecule has 0 fully saturated rings. The lowest BCUT2D eigenvalue weighted by atomic mass is 10.1. The van der Waals surface area contributed by atoms with Crippen LogP contribution in [-0.4, -0.2) is 36.4 Å². The van der Waals surface area contributed by atoms with E-state index < -0.39 is 6.04 Å². The maximum Gasteiger partial charge on any atom is 0.261 e. The number of carbonyl (C=O) groups excluding carboxylic acids is 2. The SMILES string of the molecule is CNC(=O)[C@H](C)N(Cc1cccc(C)c1)C(=O)COc1ccccc1. The molecule has 5 heteroatoms. The van der Waals surface area contributed by atoms with Crippen LogP contribution >= 0.6 is 0 Å². The number of ether oxygens (including phenoxy) is 1. The highest BCUT2D eigenvalue weighted by Crippen LogP contribution is 2.13. The third-order valence-electron chi connectivity index (χ3n) is 3.95. The molecule has 0 aliphatic rings. The number of nitrogens with one attached hydrogen (secondary N) is 1. The molecular weight excluding hydrogens is 316 g/mol. The van der Waals surface area contributed by atoms with Crippen molar-refractivity contribution in [2.45, 2.75) is 26.4 Å². The van der Waals surface area contributed by atoms with Crippen LogP contribution in [0.4, 0.5) is 0 Å². The Labute approximate surface area is 148 Å². The molecule has 0 bridgehead atoms. The Balaban J connectivity index is 2.12. The Morgan fingerprint density at radius 2 is 1.84 bits per heavy atom. The normalized spacial score (nSPS) is 11.5. The van der Waals surface area contributed by atoms with Crippen LogP contribution in [-0.2, 0) is 16.1 Å². The fourth-order valence-corrected chi connectivity index (χ4v) is 2.54. The molecule has 1 atom stereocenters. The van der Waals surface area contributed by atoms with Crippen molar-refractivity contribution in [2.75, 3.05) is 13.7 Å². The van der Waals surface area contributed by atoms with Crippen molar-refractivity contribution in [3.8, 4) is 5.75 Å². The average Bonchev–Trinajstić information content (AvgIpc) is 2.64. The summed E-state index contributed by atoms with van der Waals surface area (Å²) in [5.41, 5.74) is 2.09. The molecule has 0 aliphatic heterocycles. The van der Waals surface area contributed by atoms with Crippen molar-refractivity contribution in [1.29, 1.82) is 0 Å². The van der Waals surface area contributed by atoms with Gasteiger partial charge in [-0.1, -0.05) is 48.0 Å². The monoisotopic (exact) mass is 340 g/mol. The molecular formula is C20H24N2O3. The molecule has 2 aromatic rings. The smallest absolute Gasteiger partial charge is 0.261 e. The zero-order valence-corrected chi connectivity index (χ0v) is 14.9. The Bertz CT molecular complexity index is 716. The van der Waals surface area contributed by atoms with Gasteiger partial charge in [0.05, 0.1) is 0 Å². The fourth-order valence-electron chi connectivity index (χ4n) is 2.54. The third-order valence-corrected chi connectivity index (χ3v) is 3.95. The minimum atomic E-state index is -0.586. The molecule has 0 radical (unpaired) electrons. The molecule has 0 spiro atoms. The van der Waals surface area contributed by atoms with Gasteiger partial charge in [0.2, 0.25) is 5.91 Å². The fraction of sp³-hybridized carbons (Fsp3) is 0.300. The molecule has 2 amide bonds. The van der Waals surface area contributed by atoms with Gasteiger partial charge in [0.1, 0.15) is 11.8 Å². The Kier molecular flexibility index (Phi) is 6.57. The third kappa shape index (κ3) is 5.35. The molecule has 132 valence electrons. The first-order valence-electron chi connectivity index (χ1n) is 8.25. The highest BCUT2D eigenvalue weighted by Gasteiger charge is 2.25. The van der Waals surface area contributed by atoms with E-state index in [1.165, 1.54) is 4.90 Å². The molecule has 0 saturated carbocycles. The summed E-state index contributed by atoms with van der Waals surface area (Å²) in [5, 5.41) is 2.60. The molecule has 2 rings (SSSR count). The molecule has 2 aromatic carbocycles. The predicted molar refractivity (Wildman–Crippen MR) is 97.2 cm³/mol. The lowest BCUT2D eigenvalue weighted by Crippen LogP contribution is -2.48. The van der Waals surface area contributed by atoms with Gasteiger partial charge in [-0.2, -0.15) is 0 Å². The van der Waals surface area contributed by atoms with Crippen molar-refractivity contribution in [2.24, 2.45) is 0 Å². The summed E-state index contributed by atoms with van der Waals surface area (Å²) in [7, 11) is 1.56. The topological polar surface area (TPSA) is 58.6 Å². The summed E-state index contributed by atoms with van der Waals surface area (Å²) in [5.74, 6) is 0.182. The average molecular weight is 340 g/mol. The standard InChI is InChI=1S/C20H24N2O3/c1-15-8-7-9-17(12-15)13-22(16(2)20(24)21-3)19(23)14-25-18-10-5-4-6-11-18/h4-12,16H,13-14H2,1-3H3,(H,21,24)/t16-/m0/s1. The highest BCUT2D eigenvalue weighted by atomic mass is 16.5. The summed E-state index contributed by atoms with van der Waals surface area (Å²) < 4.78 is 5.55. The number of benzene rings is 2. The summed E-state index contributed by atoms with van der Waals surface area (Å²) in [4.78, 5) is 26.3. The second-order valence-electron chi connectivity index (χ2n) is 5.90. The van der Waals surface area contributed by atoms with E-state index >= 15 is 0 Å². The molecule has 25 heavy (non-hydrogen) atoms. The Hall–Kier alpha value is -2.82. The van der Waals surface area contributed by atoms with Crippen LogP contribution in [0, 0.1) is 6.92 Å². The molecule has 5 nitrogen and oxygen atoms in total. The molecule has 1 N–H and O–H groups in total. The molecule has 0 unspecified atom stereocenters. The second kappa shape index (κ2) is 8.87. The van der Waals surface area contributed by atoms with Crippen molar-refractivity contribution in [3.05, 3.63) is 65.7 Å². The first-order valence-corrected chi connectivity index (χ1v) is 8.25. The first kappa shape index (κ1) is 18.5. The van der Waals surface area contributed by atoms with Crippen LogP contribution in [0.25, 0.3) is 0 Å². The van der Waals surface area contributed by atoms with Gasteiger partial charge in [-0.05, 0) is 31.5 Å². The molecule has 0 heterocycles. The minimum Gasteiger partial charge on any atom is -0.484 e. The number of carbonyl (C=O) groups is 2. The van der Waals surface area contributed by atoms with Crippen LogP contribution in [0.5, 0.6) is 5.75 Å². The van der Waals surface area contributed by atoms with Crippen LogP contribution < -0.4 is 10.1 Å². The summed E-state index contributed by atoms with van der Waals surface area (Å²) in [6.07, 6.45) is 0. The molecule has 0 aromatic heterocycles. The van der Waals surface area contributed by atoms with Gasteiger partial charge >= 0.3 is 0 Å². The van der Waals surface area contributed by atoms with Crippen molar-refractivity contribution >= 4 is 11.8 Å². The summed E-state index contributed by atoms with van der Waals surface area (Å²) in [6.45, 7) is 3.95. The van der Waals surface area contributed by atoms with Gasteiger partial charge in [-0.15, -0.1) is 0 Å². The lowest BCUT2D eigenvalue weighted by Gasteiger charge is -2.28. The van der Waals surface area contributed by atoms with Crippen molar-refractivity contribution in [3.63, 3.8) is 0 Å². The quantitative estimate of drug-likeness (QED) is 0.843. The van der Waals surface area contributed by atoms with E-state index in [2.05, 4.69) is 5.32 Å². The van der Waals surface area contributed by atoms with Gasteiger partial charge in [0.15, 0.2) is 6.61 Å². The molecule has 0 aliphatic carbocycles. The number of rotatable bonds is 7. The number of aryl methyl sites for hydroxylation is 1. The van der Waals surface area contributed by atoms with Crippen LogP contribution in [0.2, 0.25) is 0 Å². The summed E-state index contributed by atoms with van der Waals surface area (Å²) in [6, 6.07) is 16.5. The van der Waals surface area contributed by atoms with Crippen molar-refractivity contribution < 1.29 is 14.3 Å². The van der Waals surface area contributed by atoms with E-state index in [1.54, 1.807) is 26.1 Å². The number of amides is 2. The van der Waals surface area contributed by atoms with Crippen molar-refractivity contribution in [1.82, 2.24) is 10.2 Å². The van der Waals surface area contributed by atoms with Gasteiger partial charge in [0, 0.05) is 13.6 Å². The predicted octanol–water partition coefficient (Wildman–Crippen LogP) is 2.54. The molecule has 0 saturated heterocycles. The zero-order valence-electron chi connectivity index (χ0n) is 14.9. The van der Waals surface area contributed by atoms with Crippen LogP contribution in [0.1, 0.15) is 18.1 Å². The van der Waals surface area contributed by atoms with Gasteiger partial charge < -0.3 is 15.0 Å². The van der Waals surface area contributed by atoms with E-state index in [9.17, 15) is 9.59 Å². The largest absolute Gasteiger partial charge is 0.484 e. The second-order valence-corrected chi connectivity index (χ2v) is 5.90. The number of likely N-dealkylation sites (N-methyl/N-ethyl adjacent to an activating group) is 1. The van der Waals surface area contributed by atoms with E-state index in [-0.39, 0.29) is 18.4 Å². The van der Waals surface area contributed by atoms with Gasteiger partial charge in [-0.25, -0.2) is 0 Å². The number of hydrogen-bond donors (Lipinski definition) is 1. The van der Waals surface area contributed by atoms with E-state index in [0.29, 0.717) is 12.3 Å². The number of nitrogens with zero attached hydrogens (tertiary/aromatic N) is 1. The van der Waals surface area contributed by atoms with Gasteiger partial charge in [0.25, 0.3) is 5.91 Å². The van der Waals surface area contributed by atoms with Crippen LogP contribution in [0.3, 0.4) is 0 Å². The lowest BCUT2D eigenvalue weighted by molar-refractivity contribution is -0.142. The first-order chi connectivity index (χ1) is 12.0. The van der Waals surface area contributed by atoms with Gasteiger partial charge in [-0.3, -0.25) is 9.59 Å². The number of hydrogen-bond acceptors (Lipinski definition) is 3. The maximum atomic E-state index is 12.7. The summed E-state index contributed by atoms with van der Waals surface area (Å²) >= 11 is 0.